The van der Waals surface area contributed by atoms with Crippen molar-refractivity contribution in [2.45, 2.75) is 44.8 Å². The molecule has 210 valence electrons. The Morgan fingerprint density at radius 3 is 2.29 bits per heavy atom. The lowest BCUT2D eigenvalue weighted by Gasteiger charge is -2.32. The molecule has 41 heavy (non-hydrogen) atoms. The van der Waals surface area contributed by atoms with Gasteiger partial charge in [-0.1, -0.05) is 60.7 Å². The van der Waals surface area contributed by atoms with Gasteiger partial charge in [0.05, 0.1) is 16.9 Å². The van der Waals surface area contributed by atoms with Gasteiger partial charge in [-0.3, -0.25) is 4.79 Å². The standard InChI is InChI=1S/C32H33BN2O6/c1-31(2)32(3,4)41-33(40-31)21(15-20-13-14-27-28(16-20)38-19-29(36)35-27)17-34-30(37)39-18-26-24-11-7-5-9-22(24)23-10-6-8-12-25(23)26/h5-16,26H,17-19H2,1-4H3,(H,34,37)(H,35,36). The van der Waals surface area contributed by atoms with E-state index in [0.717, 1.165) is 22.2 Å². The summed E-state index contributed by atoms with van der Waals surface area (Å²) in [5, 5.41) is 5.70. The molecule has 2 heterocycles. The van der Waals surface area contributed by atoms with Crippen LogP contribution in [-0.2, 0) is 18.8 Å². The zero-order chi connectivity index (χ0) is 28.8. The third-order valence-corrected chi connectivity index (χ3v) is 8.33. The third-order valence-electron chi connectivity index (χ3n) is 8.33. The normalized spacial score (nSPS) is 18.6. The number of carbonyl (C=O) groups is 2. The number of ether oxygens (including phenoxy) is 2. The van der Waals surface area contributed by atoms with Crippen LogP contribution in [0.3, 0.4) is 0 Å². The topological polar surface area (TPSA) is 95.1 Å². The molecule has 9 heteroatoms. The molecule has 2 amide bonds. The number of fused-ring (bicyclic) bond motifs is 4. The number of hydrogen-bond donors (Lipinski definition) is 2. The van der Waals surface area contributed by atoms with Crippen molar-refractivity contribution in [2.24, 2.45) is 0 Å². The zero-order valence-electron chi connectivity index (χ0n) is 23.7. The zero-order valence-corrected chi connectivity index (χ0v) is 23.7. The Kier molecular flexibility index (Phi) is 6.87. The summed E-state index contributed by atoms with van der Waals surface area (Å²) in [5.74, 6) is 0.365. The maximum absolute atomic E-state index is 13.0. The Morgan fingerprint density at radius 2 is 1.63 bits per heavy atom. The molecule has 2 N–H and O–H groups in total. The Hall–Kier alpha value is -4.08. The SMILES string of the molecule is CC1(C)OB(C(=Cc2ccc3c(c2)OCC(=O)N3)CNC(=O)OCC2c3ccccc3-c3ccccc32)OC1(C)C. The Balaban J connectivity index is 1.18. The molecule has 8 nitrogen and oxygen atoms in total. The fourth-order valence-electron chi connectivity index (χ4n) is 5.42. The van der Waals surface area contributed by atoms with Crippen LogP contribution in [0.5, 0.6) is 5.75 Å². The second-order valence-corrected chi connectivity index (χ2v) is 11.6. The van der Waals surface area contributed by atoms with Crippen LogP contribution in [0, 0.1) is 0 Å². The molecule has 0 bridgehead atoms. The van der Waals surface area contributed by atoms with E-state index in [2.05, 4.69) is 34.9 Å². The van der Waals surface area contributed by atoms with Gasteiger partial charge in [-0.05, 0) is 73.1 Å². The number of hydrogen-bond acceptors (Lipinski definition) is 6. The molecular formula is C32H33BN2O6. The van der Waals surface area contributed by atoms with E-state index in [1.165, 1.54) is 11.1 Å². The maximum atomic E-state index is 13.0. The van der Waals surface area contributed by atoms with E-state index in [9.17, 15) is 9.59 Å². The summed E-state index contributed by atoms with van der Waals surface area (Å²) in [5.41, 5.74) is 5.72. The van der Waals surface area contributed by atoms with Crippen LogP contribution in [0.1, 0.15) is 50.3 Å². The van der Waals surface area contributed by atoms with Crippen LogP contribution >= 0.6 is 0 Å². The van der Waals surface area contributed by atoms with Crippen molar-refractivity contribution in [1.29, 1.82) is 0 Å². The minimum Gasteiger partial charge on any atom is -0.482 e. The minimum absolute atomic E-state index is 0.0257. The highest BCUT2D eigenvalue weighted by Gasteiger charge is 2.52. The maximum Gasteiger partial charge on any atom is 0.492 e. The molecule has 0 radical (unpaired) electrons. The highest BCUT2D eigenvalue weighted by atomic mass is 16.7. The fraction of sp³-hybridized carbons (Fsp3) is 0.312. The molecule has 3 aromatic carbocycles. The highest BCUT2D eigenvalue weighted by molar-refractivity contribution is 6.56. The van der Waals surface area contributed by atoms with Crippen molar-refractivity contribution >= 4 is 30.9 Å². The Labute approximate surface area is 240 Å². The van der Waals surface area contributed by atoms with Gasteiger partial charge in [-0.25, -0.2) is 4.79 Å². The first-order valence-corrected chi connectivity index (χ1v) is 13.8. The predicted octanol–water partition coefficient (Wildman–Crippen LogP) is 5.57. The van der Waals surface area contributed by atoms with Crippen molar-refractivity contribution in [2.75, 3.05) is 25.1 Å². The summed E-state index contributed by atoms with van der Waals surface area (Å²) >= 11 is 0. The summed E-state index contributed by atoms with van der Waals surface area (Å²) in [7, 11) is -0.675. The summed E-state index contributed by atoms with van der Waals surface area (Å²) in [6.45, 7) is 8.29. The summed E-state index contributed by atoms with van der Waals surface area (Å²) < 4.78 is 23.9. The average molecular weight is 552 g/mol. The van der Waals surface area contributed by atoms with Gasteiger partial charge >= 0.3 is 13.2 Å². The summed E-state index contributed by atoms with van der Waals surface area (Å²) in [6, 6.07) is 22.0. The van der Waals surface area contributed by atoms with Gasteiger partial charge in [0.2, 0.25) is 0 Å². The van der Waals surface area contributed by atoms with Crippen LogP contribution in [0.2, 0.25) is 0 Å². The average Bonchev–Trinajstić information content (AvgIpc) is 3.38. The first-order chi connectivity index (χ1) is 19.6. The second kappa shape index (κ2) is 10.4. The number of alkyl carbamates (subject to hydrolysis) is 1. The van der Waals surface area contributed by atoms with Gasteiger partial charge in [0.15, 0.2) is 6.61 Å². The molecule has 0 atom stereocenters. The number of benzene rings is 3. The lowest BCUT2D eigenvalue weighted by molar-refractivity contribution is -0.118. The molecule has 1 fully saturated rings. The van der Waals surface area contributed by atoms with Crippen LogP contribution in [0.25, 0.3) is 17.2 Å². The lowest BCUT2D eigenvalue weighted by atomic mass is 9.77. The number of amides is 2. The van der Waals surface area contributed by atoms with Crippen LogP contribution < -0.4 is 15.4 Å². The number of anilines is 1. The number of nitrogens with one attached hydrogen (secondary N) is 2. The largest absolute Gasteiger partial charge is 0.492 e. The van der Waals surface area contributed by atoms with E-state index in [1.54, 1.807) is 6.07 Å². The molecule has 3 aromatic rings. The molecule has 3 aliphatic rings. The van der Waals surface area contributed by atoms with Gasteiger partial charge in [0.1, 0.15) is 12.4 Å². The Bertz CT molecular complexity index is 1490. The molecule has 0 spiro atoms. The second-order valence-electron chi connectivity index (χ2n) is 11.6. The molecule has 1 saturated heterocycles. The Morgan fingerprint density at radius 1 is 1.00 bits per heavy atom. The van der Waals surface area contributed by atoms with Crippen LogP contribution in [0.15, 0.2) is 72.2 Å². The van der Waals surface area contributed by atoms with Crippen molar-refractivity contribution < 1.29 is 28.4 Å². The lowest BCUT2D eigenvalue weighted by Crippen LogP contribution is -2.41. The molecule has 2 aliphatic heterocycles. The van der Waals surface area contributed by atoms with Crippen molar-refractivity contribution in [3.8, 4) is 16.9 Å². The fourth-order valence-corrected chi connectivity index (χ4v) is 5.42. The van der Waals surface area contributed by atoms with E-state index in [-0.39, 0.29) is 31.6 Å². The predicted molar refractivity (Wildman–Crippen MR) is 158 cm³/mol. The summed E-state index contributed by atoms with van der Waals surface area (Å²) in [6.07, 6.45) is 1.39. The third kappa shape index (κ3) is 5.23. The molecular weight excluding hydrogens is 519 g/mol. The smallest absolute Gasteiger partial charge is 0.482 e. The van der Waals surface area contributed by atoms with Gasteiger partial charge in [0.25, 0.3) is 5.91 Å². The van der Waals surface area contributed by atoms with E-state index >= 15 is 0 Å². The van der Waals surface area contributed by atoms with E-state index in [4.69, 9.17) is 18.8 Å². The first-order valence-electron chi connectivity index (χ1n) is 13.8. The van der Waals surface area contributed by atoms with Crippen LogP contribution in [-0.4, -0.2) is 50.1 Å². The summed E-state index contributed by atoms with van der Waals surface area (Å²) in [4.78, 5) is 24.6. The van der Waals surface area contributed by atoms with Crippen molar-refractivity contribution in [3.63, 3.8) is 0 Å². The molecule has 0 unspecified atom stereocenters. The highest BCUT2D eigenvalue weighted by Crippen LogP contribution is 2.44. The van der Waals surface area contributed by atoms with Gasteiger partial charge in [-0.2, -0.15) is 0 Å². The minimum atomic E-state index is -0.675. The van der Waals surface area contributed by atoms with E-state index in [0.29, 0.717) is 11.4 Å². The van der Waals surface area contributed by atoms with Crippen LogP contribution in [0.4, 0.5) is 10.5 Å². The monoisotopic (exact) mass is 552 g/mol. The van der Waals surface area contributed by atoms with Crippen molar-refractivity contribution in [1.82, 2.24) is 5.32 Å². The molecule has 1 aliphatic carbocycles. The van der Waals surface area contributed by atoms with E-state index < -0.39 is 24.4 Å². The van der Waals surface area contributed by atoms with E-state index in [1.807, 2.05) is 70.2 Å². The molecule has 6 rings (SSSR count). The van der Waals surface area contributed by atoms with Gasteiger partial charge in [-0.15, -0.1) is 0 Å². The number of carbonyl (C=O) groups excluding carboxylic acids is 2. The molecule has 0 saturated carbocycles. The first kappa shape index (κ1) is 27.1. The quantitative estimate of drug-likeness (QED) is 0.389. The number of rotatable bonds is 6. The molecule has 0 aromatic heterocycles. The van der Waals surface area contributed by atoms with Gasteiger partial charge in [0, 0.05) is 12.5 Å². The van der Waals surface area contributed by atoms with Crippen molar-refractivity contribution in [3.05, 3.63) is 88.9 Å². The van der Waals surface area contributed by atoms with Gasteiger partial charge < -0.3 is 29.4 Å².